The molecule has 0 saturated carbocycles. The third kappa shape index (κ3) is 3.18. The Balaban J connectivity index is 0.00000156. The van der Waals surface area contributed by atoms with Gasteiger partial charge in [0.05, 0.1) is 5.92 Å². The quantitative estimate of drug-likeness (QED) is 0.899. The maximum absolute atomic E-state index is 12.2. The summed E-state index contributed by atoms with van der Waals surface area (Å²) in [6.07, 6.45) is 1.82. The molecule has 2 saturated heterocycles. The van der Waals surface area contributed by atoms with Crippen molar-refractivity contribution in [2.24, 2.45) is 5.92 Å². The molecule has 124 valence electrons. The van der Waals surface area contributed by atoms with Crippen LogP contribution in [-0.2, 0) is 4.79 Å². The molecular weight excluding hydrogens is 337 g/mol. The molecule has 0 aliphatic carbocycles. The topological polar surface area (TPSA) is 58.4 Å². The number of nitrogens with zero attached hydrogens (tertiary/aromatic N) is 2. The van der Waals surface area contributed by atoms with Gasteiger partial charge in [-0.05, 0) is 31.0 Å². The molecule has 0 bridgehead atoms. The molecule has 5 nitrogen and oxygen atoms in total. The van der Waals surface area contributed by atoms with Crippen LogP contribution in [0.1, 0.15) is 24.7 Å². The number of piperidine rings is 1. The molecule has 3 heterocycles. The molecule has 2 aliphatic heterocycles. The highest BCUT2D eigenvalue weighted by Crippen LogP contribution is 2.31. The number of halogens is 2. The zero-order valence-electron chi connectivity index (χ0n) is 12.6. The van der Waals surface area contributed by atoms with Crippen LogP contribution in [0.25, 0.3) is 11.1 Å². The van der Waals surface area contributed by atoms with Crippen molar-refractivity contribution in [3.05, 3.63) is 29.1 Å². The van der Waals surface area contributed by atoms with Crippen molar-refractivity contribution in [2.45, 2.75) is 18.8 Å². The van der Waals surface area contributed by atoms with E-state index >= 15 is 0 Å². The number of rotatable bonds is 2. The van der Waals surface area contributed by atoms with Gasteiger partial charge in [-0.15, -0.1) is 12.4 Å². The number of oxazole rings is 1. The first-order valence-corrected chi connectivity index (χ1v) is 8.14. The predicted octanol–water partition coefficient (Wildman–Crippen LogP) is 2.83. The Labute approximate surface area is 145 Å². The van der Waals surface area contributed by atoms with Crippen LogP contribution in [0.5, 0.6) is 0 Å². The zero-order chi connectivity index (χ0) is 15.1. The lowest BCUT2D eigenvalue weighted by molar-refractivity contribution is -0.138. The van der Waals surface area contributed by atoms with Crippen molar-refractivity contribution in [3.8, 4) is 0 Å². The van der Waals surface area contributed by atoms with E-state index in [-0.39, 0.29) is 24.2 Å². The summed E-state index contributed by atoms with van der Waals surface area (Å²) < 4.78 is 5.85. The fourth-order valence-corrected chi connectivity index (χ4v) is 3.33. The molecule has 23 heavy (non-hydrogen) atoms. The summed E-state index contributed by atoms with van der Waals surface area (Å²) in [5.41, 5.74) is 1.58. The lowest BCUT2D eigenvalue weighted by atomic mass is 9.94. The van der Waals surface area contributed by atoms with Crippen molar-refractivity contribution in [3.63, 3.8) is 0 Å². The van der Waals surface area contributed by atoms with Gasteiger partial charge in [-0.2, -0.15) is 0 Å². The molecule has 0 radical (unpaired) electrons. The number of aromatic nitrogens is 1. The van der Waals surface area contributed by atoms with Crippen LogP contribution >= 0.6 is 24.0 Å². The molecule has 0 atom stereocenters. The van der Waals surface area contributed by atoms with E-state index in [1.165, 1.54) is 0 Å². The summed E-state index contributed by atoms with van der Waals surface area (Å²) in [4.78, 5) is 18.8. The van der Waals surface area contributed by atoms with E-state index in [4.69, 9.17) is 16.0 Å². The molecule has 1 N–H and O–H groups in total. The molecule has 0 spiro atoms. The van der Waals surface area contributed by atoms with Crippen LogP contribution in [0.2, 0.25) is 5.02 Å². The van der Waals surface area contributed by atoms with Gasteiger partial charge in [-0.3, -0.25) is 4.79 Å². The molecule has 2 aromatic rings. The van der Waals surface area contributed by atoms with Gasteiger partial charge in [0.1, 0.15) is 5.52 Å². The largest absolute Gasteiger partial charge is 0.440 e. The van der Waals surface area contributed by atoms with Crippen LogP contribution < -0.4 is 5.32 Å². The Morgan fingerprint density at radius 3 is 2.70 bits per heavy atom. The molecule has 1 amide bonds. The van der Waals surface area contributed by atoms with E-state index < -0.39 is 0 Å². The molecule has 1 aromatic heterocycles. The van der Waals surface area contributed by atoms with Crippen LogP contribution in [0, 0.1) is 5.92 Å². The Hall–Kier alpha value is -1.30. The summed E-state index contributed by atoms with van der Waals surface area (Å²) in [6.45, 7) is 3.23. The highest BCUT2D eigenvalue weighted by molar-refractivity contribution is 6.31. The monoisotopic (exact) mass is 355 g/mol. The number of fused-ring (bicyclic) bond motifs is 1. The smallest absolute Gasteiger partial charge is 0.228 e. The molecule has 4 rings (SSSR count). The van der Waals surface area contributed by atoms with Gasteiger partial charge in [0, 0.05) is 37.1 Å². The van der Waals surface area contributed by atoms with Crippen molar-refractivity contribution in [1.82, 2.24) is 15.2 Å². The normalized spacial score (nSPS) is 19.4. The van der Waals surface area contributed by atoms with Crippen molar-refractivity contribution >= 4 is 41.0 Å². The zero-order valence-corrected chi connectivity index (χ0v) is 14.2. The predicted molar refractivity (Wildman–Crippen MR) is 91.2 cm³/mol. The van der Waals surface area contributed by atoms with E-state index in [1.807, 2.05) is 23.1 Å². The number of benzene rings is 1. The summed E-state index contributed by atoms with van der Waals surface area (Å²) in [5.74, 6) is 1.54. The van der Waals surface area contributed by atoms with Gasteiger partial charge in [0.2, 0.25) is 5.91 Å². The number of carbonyl (C=O) groups is 1. The van der Waals surface area contributed by atoms with Crippen molar-refractivity contribution < 1.29 is 9.21 Å². The second-order valence-electron chi connectivity index (χ2n) is 6.12. The maximum Gasteiger partial charge on any atom is 0.228 e. The minimum Gasteiger partial charge on any atom is -0.440 e. The second-order valence-corrected chi connectivity index (χ2v) is 6.56. The van der Waals surface area contributed by atoms with Gasteiger partial charge in [-0.1, -0.05) is 11.6 Å². The number of likely N-dealkylation sites (tertiary alicyclic amines) is 1. The molecule has 0 unspecified atom stereocenters. The number of carbonyl (C=O) groups excluding carboxylic acids is 1. The lowest BCUT2D eigenvalue weighted by Gasteiger charge is -2.36. The number of amides is 1. The summed E-state index contributed by atoms with van der Waals surface area (Å²) in [7, 11) is 0. The van der Waals surface area contributed by atoms with Gasteiger partial charge in [0.25, 0.3) is 0 Å². The third-order valence-electron chi connectivity index (χ3n) is 4.65. The molecule has 2 aliphatic rings. The van der Waals surface area contributed by atoms with E-state index in [1.54, 1.807) is 0 Å². The first-order valence-electron chi connectivity index (χ1n) is 7.76. The highest BCUT2D eigenvalue weighted by Gasteiger charge is 2.32. The first kappa shape index (κ1) is 16.6. The first-order chi connectivity index (χ1) is 10.7. The number of nitrogens with one attached hydrogen (secondary N) is 1. The summed E-state index contributed by atoms with van der Waals surface area (Å²) in [6, 6.07) is 5.50. The minimum absolute atomic E-state index is 0. The van der Waals surface area contributed by atoms with Crippen molar-refractivity contribution in [1.29, 1.82) is 0 Å². The van der Waals surface area contributed by atoms with Gasteiger partial charge in [-0.25, -0.2) is 4.98 Å². The van der Waals surface area contributed by atoms with Gasteiger partial charge in [0.15, 0.2) is 11.5 Å². The van der Waals surface area contributed by atoms with Gasteiger partial charge >= 0.3 is 0 Å². The fourth-order valence-electron chi connectivity index (χ4n) is 3.16. The van der Waals surface area contributed by atoms with E-state index in [0.717, 1.165) is 56.0 Å². The number of hydrogen-bond acceptors (Lipinski definition) is 4. The Bertz CT molecular complexity index is 706. The third-order valence-corrected chi connectivity index (χ3v) is 4.89. The molecule has 7 heteroatoms. The highest BCUT2D eigenvalue weighted by atomic mass is 35.5. The average Bonchev–Trinajstić information content (AvgIpc) is 2.88. The van der Waals surface area contributed by atoms with E-state index in [0.29, 0.717) is 10.9 Å². The van der Waals surface area contributed by atoms with Crippen LogP contribution in [-0.4, -0.2) is 42.0 Å². The molecular formula is C16H19Cl2N3O2. The summed E-state index contributed by atoms with van der Waals surface area (Å²) >= 11 is 5.99. The average molecular weight is 356 g/mol. The molecule has 1 aromatic carbocycles. The maximum atomic E-state index is 12.2. The van der Waals surface area contributed by atoms with Gasteiger partial charge < -0.3 is 14.6 Å². The Morgan fingerprint density at radius 2 is 2.04 bits per heavy atom. The number of hydrogen-bond donors (Lipinski definition) is 1. The Kier molecular flexibility index (Phi) is 4.80. The summed E-state index contributed by atoms with van der Waals surface area (Å²) in [5, 5.41) is 3.82. The Morgan fingerprint density at radius 1 is 1.30 bits per heavy atom. The van der Waals surface area contributed by atoms with Crippen LogP contribution in [0.4, 0.5) is 0 Å². The van der Waals surface area contributed by atoms with Crippen LogP contribution in [0.3, 0.4) is 0 Å². The molecule has 2 fully saturated rings. The van der Waals surface area contributed by atoms with E-state index in [2.05, 4.69) is 10.3 Å². The minimum atomic E-state index is 0. The fraction of sp³-hybridized carbons (Fsp3) is 0.500. The van der Waals surface area contributed by atoms with Crippen LogP contribution in [0.15, 0.2) is 22.6 Å². The second kappa shape index (κ2) is 6.67. The standard InChI is InChI=1S/C16H18ClN3O2.ClH/c17-12-1-2-14-13(7-12)19-15(22-14)10-3-5-20(6-4-10)16(21)11-8-18-9-11;/h1-2,7,10-11,18H,3-6,8-9H2;1H. The van der Waals surface area contributed by atoms with Crippen molar-refractivity contribution in [2.75, 3.05) is 26.2 Å². The lowest BCUT2D eigenvalue weighted by Crippen LogP contribution is -2.53. The SMILES string of the molecule is Cl.O=C(C1CNC1)N1CCC(c2nc3cc(Cl)ccc3o2)CC1. The van der Waals surface area contributed by atoms with E-state index in [9.17, 15) is 4.79 Å².